The van der Waals surface area contributed by atoms with Crippen LogP contribution in [-0.2, 0) is 9.53 Å². The molecular formula is C8H11FO2. The summed E-state index contributed by atoms with van der Waals surface area (Å²) in [6.07, 6.45) is 1.04. The third kappa shape index (κ3) is 4.31. The Hall–Kier alpha value is -1.12. The van der Waals surface area contributed by atoms with E-state index in [9.17, 15) is 9.18 Å². The van der Waals surface area contributed by atoms with Gasteiger partial charge in [-0.1, -0.05) is 6.58 Å². The molecule has 0 unspecified atom stereocenters. The molecule has 0 aromatic rings. The van der Waals surface area contributed by atoms with Gasteiger partial charge in [-0.15, -0.1) is 0 Å². The van der Waals surface area contributed by atoms with Gasteiger partial charge >= 0.3 is 5.97 Å². The molecule has 0 saturated carbocycles. The minimum absolute atomic E-state index is 0.0341. The molecule has 0 aromatic carbocycles. The van der Waals surface area contributed by atoms with Gasteiger partial charge in [-0.3, -0.25) is 0 Å². The van der Waals surface area contributed by atoms with Gasteiger partial charge in [0.05, 0.1) is 18.0 Å². The molecular weight excluding hydrogens is 147 g/mol. The third-order valence-electron chi connectivity index (χ3n) is 0.911. The van der Waals surface area contributed by atoms with Crippen molar-refractivity contribution in [1.29, 1.82) is 0 Å². The molecule has 0 aliphatic rings. The summed E-state index contributed by atoms with van der Waals surface area (Å²) in [5, 5.41) is 0. The van der Waals surface area contributed by atoms with Gasteiger partial charge < -0.3 is 4.74 Å². The number of esters is 1. The lowest BCUT2D eigenvalue weighted by Crippen LogP contribution is -2.04. The number of halogens is 1. The highest BCUT2D eigenvalue weighted by atomic mass is 19.1. The van der Waals surface area contributed by atoms with Crippen molar-refractivity contribution in [2.45, 2.75) is 13.8 Å². The molecule has 0 aliphatic heterocycles. The number of ether oxygens (including phenoxy) is 1. The van der Waals surface area contributed by atoms with Crippen molar-refractivity contribution in [1.82, 2.24) is 0 Å². The van der Waals surface area contributed by atoms with E-state index < -0.39 is 11.8 Å². The second kappa shape index (κ2) is 4.66. The zero-order valence-corrected chi connectivity index (χ0v) is 6.69. The molecule has 11 heavy (non-hydrogen) atoms. The van der Waals surface area contributed by atoms with Crippen LogP contribution >= 0.6 is 0 Å². The minimum Gasteiger partial charge on any atom is -0.462 e. The topological polar surface area (TPSA) is 26.3 Å². The molecule has 0 bridgehead atoms. The molecule has 0 aliphatic carbocycles. The minimum atomic E-state index is -0.579. The van der Waals surface area contributed by atoms with E-state index in [0.717, 1.165) is 6.08 Å². The second-order valence-corrected chi connectivity index (χ2v) is 1.98. The van der Waals surface area contributed by atoms with Gasteiger partial charge in [-0.05, 0) is 19.9 Å². The van der Waals surface area contributed by atoms with E-state index in [-0.39, 0.29) is 12.2 Å². The van der Waals surface area contributed by atoms with Crippen LogP contribution in [0.2, 0.25) is 0 Å². The third-order valence-corrected chi connectivity index (χ3v) is 0.911. The Kier molecular flexibility index (Phi) is 4.18. The molecule has 3 heteroatoms. The fourth-order valence-electron chi connectivity index (χ4n) is 0.523. The maximum atomic E-state index is 12.1. The van der Waals surface area contributed by atoms with E-state index in [1.54, 1.807) is 6.92 Å². The Balaban J connectivity index is 4.05. The first-order valence-electron chi connectivity index (χ1n) is 3.27. The maximum absolute atomic E-state index is 12.1. The van der Waals surface area contributed by atoms with Crippen molar-refractivity contribution in [3.63, 3.8) is 0 Å². The van der Waals surface area contributed by atoms with Gasteiger partial charge in [0.15, 0.2) is 0 Å². The standard InChI is InChI=1S/C8H11FO2/c1-4-11-8(10)6(2)5-7(3)9/h5H,2,4H2,1,3H3/b7-5+. The average molecular weight is 158 g/mol. The summed E-state index contributed by atoms with van der Waals surface area (Å²) in [5.41, 5.74) is 0.0341. The lowest BCUT2D eigenvalue weighted by molar-refractivity contribution is -0.138. The van der Waals surface area contributed by atoms with Crippen molar-refractivity contribution in [2.75, 3.05) is 6.61 Å². The normalized spacial score (nSPS) is 11.0. The molecule has 0 radical (unpaired) electrons. The Morgan fingerprint density at radius 3 is 2.64 bits per heavy atom. The van der Waals surface area contributed by atoms with E-state index in [1.807, 2.05) is 0 Å². The van der Waals surface area contributed by atoms with E-state index in [2.05, 4.69) is 11.3 Å². The van der Waals surface area contributed by atoms with Gasteiger partial charge in [-0.2, -0.15) is 0 Å². The van der Waals surface area contributed by atoms with Crippen LogP contribution in [0.25, 0.3) is 0 Å². The summed E-state index contributed by atoms with van der Waals surface area (Å²) in [6, 6.07) is 0. The molecule has 2 nitrogen and oxygen atoms in total. The van der Waals surface area contributed by atoms with Crippen LogP contribution in [0.15, 0.2) is 24.1 Å². The summed E-state index contributed by atoms with van der Waals surface area (Å²) < 4.78 is 16.7. The number of carbonyl (C=O) groups is 1. The van der Waals surface area contributed by atoms with Crippen molar-refractivity contribution in [3.8, 4) is 0 Å². The fourth-order valence-corrected chi connectivity index (χ4v) is 0.523. The van der Waals surface area contributed by atoms with Gasteiger partial charge in [-0.25, -0.2) is 9.18 Å². The average Bonchev–Trinajstić information content (AvgIpc) is 1.86. The fraction of sp³-hybridized carbons (Fsp3) is 0.375. The molecule has 0 spiro atoms. The van der Waals surface area contributed by atoms with E-state index in [1.165, 1.54) is 6.92 Å². The van der Waals surface area contributed by atoms with Crippen LogP contribution in [0.4, 0.5) is 4.39 Å². The number of hydrogen-bond acceptors (Lipinski definition) is 2. The second-order valence-electron chi connectivity index (χ2n) is 1.98. The quantitative estimate of drug-likeness (QED) is 0.356. The Morgan fingerprint density at radius 2 is 2.27 bits per heavy atom. The lowest BCUT2D eigenvalue weighted by atomic mass is 10.3. The van der Waals surface area contributed by atoms with Crippen LogP contribution in [0.5, 0.6) is 0 Å². The van der Waals surface area contributed by atoms with Gasteiger partial charge in [0.2, 0.25) is 0 Å². The molecule has 0 rings (SSSR count). The number of hydrogen-bond donors (Lipinski definition) is 0. The van der Waals surface area contributed by atoms with Crippen LogP contribution in [0, 0.1) is 0 Å². The Morgan fingerprint density at radius 1 is 1.73 bits per heavy atom. The molecule has 0 heterocycles. The van der Waals surface area contributed by atoms with Crippen molar-refractivity contribution >= 4 is 5.97 Å². The summed E-state index contributed by atoms with van der Waals surface area (Å²) in [7, 11) is 0. The molecule has 0 amide bonds. The van der Waals surface area contributed by atoms with E-state index in [0.29, 0.717) is 0 Å². The van der Waals surface area contributed by atoms with Gasteiger partial charge in [0, 0.05) is 0 Å². The smallest absolute Gasteiger partial charge is 0.337 e. The number of rotatable bonds is 3. The van der Waals surface area contributed by atoms with Crippen LogP contribution in [0.3, 0.4) is 0 Å². The summed E-state index contributed by atoms with van der Waals surface area (Å²) in [6.45, 7) is 6.52. The first kappa shape index (κ1) is 9.88. The van der Waals surface area contributed by atoms with Crippen molar-refractivity contribution in [2.24, 2.45) is 0 Å². The summed E-state index contributed by atoms with van der Waals surface area (Å²) in [5.74, 6) is -1.03. The highest BCUT2D eigenvalue weighted by Crippen LogP contribution is 2.02. The summed E-state index contributed by atoms with van der Waals surface area (Å²) >= 11 is 0. The Bertz CT molecular complexity index is 190. The number of allylic oxidation sites excluding steroid dienone is 1. The van der Waals surface area contributed by atoms with E-state index in [4.69, 9.17) is 0 Å². The molecule has 0 fully saturated rings. The highest BCUT2D eigenvalue weighted by Gasteiger charge is 2.03. The summed E-state index contributed by atoms with van der Waals surface area (Å²) in [4.78, 5) is 10.7. The molecule has 62 valence electrons. The van der Waals surface area contributed by atoms with Crippen LogP contribution in [0.1, 0.15) is 13.8 Å². The van der Waals surface area contributed by atoms with Crippen molar-refractivity contribution in [3.05, 3.63) is 24.1 Å². The zero-order valence-electron chi connectivity index (χ0n) is 6.69. The first-order valence-corrected chi connectivity index (χ1v) is 3.27. The molecule has 0 aromatic heterocycles. The SMILES string of the molecule is C=C(/C=C(\C)F)C(=O)OCC. The molecule has 0 N–H and O–H groups in total. The first-order chi connectivity index (χ1) is 5.07. The highest BCUT2D eigenvalue weighted by molar-refractivity contribution is 5.90. The number of carbonyl (C=O) groups excluding carboxylic acids is 1. The van der Waals surface area contributed by atoms with Crippen LogP contribution in [-0.4, -0.2) is 12.6 Å². The lowest BCUT2D eigenvalue weighted by Gasteiger charge is -1.99. The predicted octanol–water partition coefficient (Wildman–Crippen LogP) is 1.98. The zero-order chi connectivity index (χ0) is 8.85. The monoisotopic (exact) mass is 158 g/mol. The van der Waals surface area contributed by atoms with Crippen molar-refractivity contribution < 1.29 is 13.9 Å². The van der Waals surface area contributed by atoms with E-state index >= 15 is 0 Å². The predicted molar refractivity (Wildman–Crippen MR) is 40.6 cm³/mol. The maximum Gasteiger partial charge on any atom is 0.337 e. The Labute approximate surface area is 65.4 Å². The van der Waals surface area contributed by atoms with Gasteiger partial charge in [0.1, 0.15) is 0 Å². The van der Waals surface area contributed by atoms with Gasteiger partial charge in [0.25, 0.3) is 0 Å². The largest absolute Gasteiger partial charge is 0.462 e. The van der Waals surface area contributed by atoms with Crippen LogP contribution < -0.4 is 0 Å². The molecule has 0 saturated heterocycles. The molecule has 0 atom stereocenters.